The van der Waals surface area contributed by atoms with E-state index in [9.17, 15) is 14.7 Å². The Balaban J connectivity index is 1.34. The first-order valence-corrected chi connectivity index (χ1v) is 11.9. The Labute approximate surface area is 210 Å². The smallest absolute Gasteiger partial charge is 0.388 e. The van der Waals surface area contributed by atoms with Crippen LogP contribution in [0.3, 0.4) is 0 Å². The fourth-order valence-electron chi connectivity index (χ4n) is 4.01. The van der Waals surface area contributed by atoms with Crippen molar-refractivity contribution in [1.82, 2.24) is 10.2 Å². The molecule has 0 spiro atoms. The van der Waals surface area contributed by atoms with Crippen LogP contribution in [0, 0.1) is 0 Å². The number of nitrogens with one attached hydrogen (secondary N) is 2. The predicted molar refractivity (Wildman–Crippen MR) is 136 cm³/mol. The van der Waals surface area contributed by atoms with Crippen LogP contribution in [0.2, 0.25) is 0 Å². The second-order valence-electron chi connectivity index (χ2n) is 8.68. The lowest BCUT2D eigenvalue weighted by atomic mass is 9.86. The highest BCUT2D eigenvalue weighted by Gasteiger charge is 2.43. The standard InChI is InChI=1S/C29H29N3O4/c1-32(19-17-30-27(34)23-14-12-22(21-33)13-15-23)18-16-26-20-31-28(36-26)29(35,24-8-4-2-5-9-24)25-10-6-3-7-11-25/h2-15,20-21,35H,16-19H2,1H3,(H,30,34)/p+1. The quantitative estimate of drug-likeness (QED) is 0.319. The van der Waals surface area contributed by atoms with Gasteiger partial charge in [0.25, 0.3) is 5.91 Å². The number of aldehydes is 1. The maximum absolute atomic E-state index is 12.3. The van der Waals surface area contributed by atoms with Gasteiger partial charge in [0.1, 0.15) is 6.29 Å². The van der Waals surface area contributed by atoms with Crippen molar-refractivity contribution in [2.75, 3.05) is 26.7 Å². The first-order chi connectivity index (χ1) is 17.5. The Hall–Kier alpha value is -4.07. The van der Waals surface area contributed by atoms with Crippen LogP contribution in [0.1, 0.15) is 43.5 Å². The van der Waals surface area contributed by atoms with Gasteiger partial charge in [0.05, 0.1) is 0 Å². The van der Waals surface area contributed by atoms with Crippen LogP contribution in [0.4, 0.5) is 0 Å². The van der Waals surface area contributed by atoms with E-state index in [1.54, 1.807) is 30.5 Å². The second-order valence-corrected chi connectivity index (χ2v) is 8.68. The van der Waals surface area contributed by atoms with Crippen molar-refractivity contribution in [3.8, 4) is 0 Å². The summed E-state index contributed by atoms with van der Waals surface area (Å²) in [6, 6.07) is 25.4. The molecule has 0 aliphatic rings. The first-order valence-electron chi connectivity index (χ1n) is 11.9. The van der Waals surface area contributed by atoms with Crippen molar-refractivity contribution >= 4 is 12.2 Å². The van der Waals surface area contributed by atoms with Gasteiger partial charge in [-0.05, 0) is 19.2 Å². The molecule has 1 amide bonds. The van der Waals surface area contributed by atoms with Crippen molar-refractivity contribution in [3.63, 3.8) is 0 Å². The summed E-state index contributed by atoms with van der Waals surface area (Å²) < 4.78 is 6.10. The second kappa shape index (κ2) is 11.6. The van der Waals surface area contributed by atoms with Gasteiger partial charge < -0.3 is 19.7 Å². The first kappa shape index (κ1) is 25.0. The Morgan fingerprint density at radius 3 is 2.17 bits per heavy atom. The summed E-state index contributed by atoms with van der Waals surface area (Å²) >= 11 is 0. The molecule has 4 rings (SSSR count). The van der Waals surface area contributed by atoms with Gasteiger partial charge in [0.2, 0.25) is 11.8 Å². The van der Waals surface area contributed by atoms with E-state index in [1.165, 1.54) is 0 Å². The zero-order valence-corrected chi connectivity index (χ0v) is 20.2. The molecular weight excluding hydrogens is 454 g/mol. The number of hydrogen-bond acceptors (Lipinski definition) is 5. The number of likely N-dealkylation sites (N-methyl/N-ethyl adjacent to an activating group) is 1. The summed E-state index contributed by atoms with van der Waals surface area (Å²) in [5.74, 6) is 0.902. The Morgan fingerprint density at radius 2 is 1.58 bits per heavy atom. The number of amides is 1. The number of carbonyl (C=O) groups excluding carboxylic acids is 2. The van der Waals surface area contributed by atoms with Gasteiger partial charge in [-0.1, -0.05) is 72.8 Å². The van der Waals surface area contributed by atoms with Crippen molar-refractivity contribution in [2.24, 2.45) is 0 Å². The third kappa shape index (κ3) is 5.76. The number of aromatic amines is 1. The highest BCUT2D eigenvalue weighted by molar-refractivity contribution is 5.94. The van der Waals surface area contributed by atoms with E-state index >= 15 is 0 Å². The number of benzene rings is 3. The zero-order valence-electron chi connectivity index (χ0n) is 20.2. The molecule has 36 heavy (non-hydrogen) atoms. The van der Waals surface area contributed by atoms with E-state index < -0.39 is 5.60 Å². The molecule has 0 bridgehead atoms. The van der Waals surface area contributed by atoms with Crippen molar-refractivity contribution in [1.29, 1.82) is 0 Å². The van der Waals surface area contributed by atoms with E-state index in [-0.39, 0.29) is 5.91 Å². The molecule has 0 atom stereocenters. The minimum absolute atomic E-state index is 0.174. The molecule has 3 aromatic carbocycles. The van der Waals surface area contributed by atoms with Crippen molar-refractivity contribution < 1.29 is 24.1 Å². The topological polar surface area (TPSA) is 96.9 Å². The summed E-state index contributed by atoms with van der Waals surface area (Å²) in [4.78, 5) is 28.3. The van der Waals surface area contributed by atoms with Crippen LogP contribution in [0.25, 0.3) is 0 Å². The third-order valence-corrected chi connectivity index (χ3v) is 6.14. The van der Waals surface area contributed by atoms with Crippen molar-refractivity contribution in [2.45, 2.75) is 12.0 Å². The number of hydrogen-bond donors (Lipinski definition) is 2. The van der Waals surface area contributed by atoms with E-state index in [1.807, 2.05) is 67.7 Å². The van der Waals surface area contributed by atoms with Crippen LogP contribution >= 0.6 is 0 Å². The molecule has 0 saturated heterocycles. The average molecular weight is 485 g/mol. The van der Waals surface area contributed by atoms with Gasteiger partial charge >= 0.3 is 5.89 Å². The minimum atomic E-state index is -1.44. The fourth-order valence-corrected chi connectivity index (χ4v) is 4.01. The van der Waals surface area contributed by atoms with E-state index in [0.717, 1.165) is 12.0 Å². The van der Waals surface area contributed by atoms with Crippen LogP contribution < -0.4 is 10.3 Å². The van der Waals surface area contributed by atoms with Gasteiger partial charge in [-0.2, -0.15) is 4.98 Å². The van der Waals surface area contributed by atoms with Gasteiger partial charge in [-0.25, -0.2) is 0 Å². The third-order valence-electron chi connectivity index (χ3n) is 6.14. The number of carbonyl (C=O) groups is 2. The number of H-pyrrole nitrogens is 1. The molecule has 7 heteroatoms. The Kier molecular flexibility index (Phi) is 8.05. The number of aliphatic hydroxyl groups is 1. The molecule has 0 aliphatic carbocycles. The molecule has 3 N–H and O–H groups in total. The summed E-state index contributed by atoms with van der Waals surface area (Å²) in [5, 5.41) is 14.7. The molecule has 0 fully saturated rings. The maximum atomic E-state index is 12.3. The highest BCUT2D eigenvalue weighted by atomic mass is 16.4. The zero-order chi connectivity index (χ0) is 25.4. The summed E-state index contributed by atoms with van der Waals surface area (Å²) in [6.45, 7) is 1.86. The van der Waals surface area contributed by atoms with Crippen molar-refractivity contribution in [3.05, 3.63) is 125 Å². The van der Waals surface area contributed by atoms with E-state index in [0.29, 0.717) is 54.2 Å². The van der Waals surface area contributed by atoms with Crippen LogP contribution in [-0.2, 0) is 12.0 Å². The Bertz CT molecular complexity index is 1230. The Morgan fingerprint density at radius 1 is 0.972 bits per heavy atom. The monoisotopic (exact) mass is 484 g/mol. The lowest BCUT2D eigenvalue weighted by molar-refractivity contribution is -0.411. The summed E-state index contributed by atoms with van der Waals surface area (Å²) in [5.41, 5.74) is 1.03. The molecule has 0 aliphatic heterocycles. The van der Waals surface area contributed by atoms with Crippen LogP contribution in [0.15, 0.2) is 95.5 Å². The van der Waals surface area contributed by atoms with Gasteiger partial charge in [0.15, 0.2) is 5.76 Å². The summed E-state index contributed by atoms with van der Waals surface area (Å²) in [7, 11) is 1.98. The number of aromatic nitrogens is 1. The molecule has 1 heterocycles. The average Bonchev–Trinajstić information content (AvgIpc) is 3.42. The molecule has 4 aromatic rings. The SMILES string of the molecule is CN(CCNC(=O)c1ccc(C=O)cc1)CCc1c[nH+]c(C(O)(c2ccccc2)c2ccccc2)o1. The molecule has 0 radical (unpaired) electrons. The van der Waals surface area contributed by atoms with E-state index in [4.69, 9.17) is 4.42 Å². The largest absolute Gasteiger partial charge is 0.404 e. The fraction of sp³-hybridized carbons (Fsp3) is 0.207. The summed E-state index contributed by atoms with van der Waals surface area (Å²) in [6.07, 6.45) is 3.17. The molecule has 7 nitrogen and oxygen atoms in total. The lowest BCUT2D eigenvalue weighted by Crippen LogP contribution is -2.33. The van der Waals surface area contributed by atoms with Gasteiger partial charge in [0, 0.05) is 48.3 Å². The predicted octanol–water partition coefficient (Wildman–Crippen LogP) is 3.09. The molecule has 0 unspecified atom stereocenters. The van der Waals surface area contributed by atoms with Gasteiger partial charge in [-0.3, -0.25) is 9.59 Å². The number of nitrogens with zero attached hydrogens (tertiary/aromatic N) is 1. The number of rotatable bonds is 11. The lowest BCUT2D eigenvalue weighted by Gasteiger charge is -2.22. The molecule has 0 saturated carbocycles. The normalized spacial score (nSPS) is 11.4. The van der Waals surface area contributed by atoms with Gasteiger partial charge in [-0.15, -0.1) is 0 Å². The van der Waals surface area contributed by atoms with E-state index in [2.05, 4.69) is 15.2 Å². The van der Waals surface area contributed by atoms with Crippen LogP contribution in [0.5, 0.6) is 0 Å². The minimum Gasteiger partial charge on any atom is -0.404 e. The highest BCUT2D eigenvalue weighted by Crippen LogP contribution is 2.34. The molecular formula is C29H30N3O4+. The maximum Gasteiger partial charge on any atom is 0.388 e. The molecule has 1 aromatic heterocycles. The molecule has 184 valence electrons. The van der Waals surface area contributed by atoms with Crippen LogP contribution in [-0.4, -0.2) is 48.9 Å². The number of oxazole rings is 1.